The van der Waals surface area contributed by atoms with Crippen molar-refractivity contribution in [3.05, 3.63) is 35.9 Å². The van der Waals surface area contributed by atoms with Gasteiger partial charge < -0.3 is 4.74 Å². The fourth-order valence-corrected chi connectivity index (χ4v) is 2.41. The topological polar surface area (TPSA) is 36.3 Å². The number of ether oxygens (including phenoxy) is 1. The highest BCUT2D eigenvalue weighted by Gasteiger charge is 2.19. The molecule has 2 unspecified atom stereocenters. The van der Waals surface area contributed by atoms with Crippen molar-refractivity contribution in [2.24, 2.45) is 0 Å². The van der Waals surface area contributed by atoms with Gasteiger partial charge in [-0.25, -0.2) is 0 Å². The number of nitrogens with zero attached hydrogens (tertiary/aromatic N) is 2. The molecular formula is C15H20N2O. The summed E-state index contributed by atoms with van der Waals surface area (Å²) in [6, 6.07) is 12.5. The van der Waals surface area contributed by atoms with E-state index in [0.29, 0.717) is 0 Å². The Morgan fingerprint density at radius 1 is 1.44 bits per heavy atom. The zero-order valence-corrected chi connectivity index (χ0v) is 10.9. The summed E-state index contributed by atoms with van der Waals surface area (Å²) in [4.78, 5) is 2.35. The van der Waals surface area contributed by atoms with E-state index in [2.05, 4.69) is 17.9 Å². The number of benzene rings is 1. The summed E-state index contributed by atoms with van der Waals surface area (Å²) in [5.74, 6) is -0.0449. The van der Waals surface area contributed by atoms with Gasteiger partial charge in [-0.3, -0.25) is 4.90 Å². The Labute approximate surface area is 109 Å². The highest BCUT2D eigenvalue weighted by molar-refractivity contribution is 5.25. The van der Waals surface area contributed by atoms with Crippen LogP contribution >= 0.6 is 0 Å². The monoisotopic (exact) mass is 244 g/mol. The van der Waals surface area contributed by atoms with E-state index in [-0.39, 0.29) is 12.0 Å². The Morgan fingerprint density at radius 2 is 2.22 bits per heavy atom. The van der Waals surface area contributed by atoms with Crippen LogP contribution in [0.2, 0.25) is 0 Å². The molecule has 0 aliphatic carbocycles. The molecule has 96 valence electrons. The van der Waals surface area contributed by atoms with Crippen LogP contribution in [0.5, 0.6) is 0 Å². The van der Waals surface area contributed by atoms with Crippen molar-refractivity contribution in [2.45, 2.75) is 25.4 Å². The number of rotatable bonds is 3. The summed E-state index contributed by atoms with van der Waals surface area (Å²) in [7, 11) is 0. The lowest BCUT2D eigenvalue weighted by molar-refractivity contribution is 0.0675. The van der Waals surface area contributed by atoms with Crippen LogP contribution in [0.1, 0.15) is 24.8 Å². The molecular weight excluding hydrogens is 224 g/mol. The van der Waals surface area contributed by atoms with Crippen molar-refractivity contribution in [1.82, 2.24) is 4.90 Å². The van der Waals surface area contributed by atoms with E-state index in [1.165, 1.54) is 0 Å². The molecule has 0 N–H and O–H groups in total. The average molecular weight is 244 g/mol. The first-order valence-electron chi connectivity index (χ1n) is 6.58. The fraction of sp³-hybridized carbons (Fsp3) is 0.533. The largest absolute Gasteiger partial charge is 0.377 e. The fourth-order valence-electron chi connectivity index (χ4n) is 2.41. The second-order valence-electron chi connectivity index (χ2n) is 4.89. The molecule has 0 spiro atoms. The Morgan fingerprint density at radius 3 is 2.94 bits per heavy atom. The minimum Gasteiger partial charge on any atom is -0.377 e. The van der Waals surface area contributed by atoms with Gasteiger partial charge in [-0.05, 0) is 18.9 Å². The van der Waals surface area contributed by atoms with E-state index in [4.69, 9.17) is 4.74 Å². The molecule has 3 heteroatoms. The van der Waals surface area contributed by atoms with E-state index in [1.807, 2.05) is 30.3 Å². The van der Waals surface area contributed by atoms with Crippen LogP contribution in [-0.2, 0) is 4.74 Å². The van der Waals surface area contributed by atoms with E-state index in [1.54, 1.807) is 0 Å². The molecule has 0 aromatic heterocycles. The molecule has 2 rings (SSSR count). The summed E-state index contributed by atoms with van der Waals surface area (Å²) in [6.07, 6.45) is 1.32. The van der Waals surface area contributed by atoms with Crippen LogP contribution in [-0.4, -0.2) is 37.2 Å². The first-order chi connectivity index (χ1) is 8.79. The van der Waals surface area contributed by atoms with Crippen molar-refractivity contribution in [1.29, 1.82) is 5.26 Å². The van der Waals surface area contributed by atoms with Gasteiger partial charge in [0.25, 0.3) is 0 Å². The van der Waals surface area contributed by atoms with E-state index in [9.17, 15) is 5.26 Å². The SMILES string of the molecule is CC1CN(CC(C#N)c2ccccc2)CCCO1. The quantitative estimate of drug-likeness (QED) is 0.819. The van der Waals surface area contributed by atoms with Gasteiger partial charge in [0.05, 0.1) is 18.1 Å². The Bertz CT molecular complexity index is 399. The standard InChI is InChI=1S/C15H20N2O/c1-13-11-17(8-5-9-18-13)12-15(10-16)14-6-3-2-4-7-14/h2-4,6-7,13,15H,5,8-9,11-12H2,1H3. The van der Waals surface area contributed by atoms with Crippen molar-refractivity contribution in [3.8, 4) is 6.07 Å². The molecule has 1 saturated heterocycles. The third-order valence-electron chi connectivity index (χ3n) is 3.33. The van der Waals surface area contributed by atoms with Crippen LogP contribution in [0.3, 0.4) is 0 Å². The summed E-state index contributed by atoms with van der Waals surface area (Å²) < 4.78 is 5.63. The Hall–Kier alpha value is -1.37. The van der Waals surface area contributed by atoms with Crippen molar-refractivity contribution >= 4 is 0 Å². The maximum absolute atomic E-state index is 9.34. The summed E-state index contributed by atoms with van der Waals surface area (Å²) in [5, 5.41) is 9.34. The zero-order valence-electron chi connectivity index (χ0n) is 10.9. The van der Waals surface area contributed by atoms with Crippen LogP contribution < -0.4 is 0 Å². The molecule has 0 bridgehead atoms. The predicted molar refractivity (Wildman–Crippen MR) is 71.3 cm³/mol. The molecule has 3 nitrogen and oxygen atoms in total. The summed E-state index contributed by atoms with van der Waals surface area (Å²) in [5.41, 5.74) is 1.11. The molecule has 0 radical (unpaired) electrons. The van der Waals surface area contributed by atoms with Crippen molar-refractivity contribution in [2.75, 3.05) is 26.2 Å². The van der Waals surface area contributed by atoms with E-state index < -0.39 is 0 Å². The third kappa shape index (κ3) is 3.56. The smallest absolute Gasteiger partial charge is 0.0839 e. The first-order valence-corrected chi connectivity index (χ1v) is 6.58. The lowest BCUT2D eigenvalue weighted by Gasteiger charge is -2.24. The average Bonchev–Trinajstić information content (AvgIpc) is 2.61. The second kappa shape index (κ2) is 6.53. The van der Waals surface area contributed by atoms with Gasteiger partial charge in [0.2, 0.25) is 0 Å². The molecule has 0 saturated carbocycles. The van der Waals surface area contributed by atoms with Gasteiger partial charge in [0.15, 0.2) is 0 Å². The van der Waals surface area contributed by atoms with Crippen LogP contribution in [0.15, 0.2) is 30.3 Å². The molecule has 2 atom stereocenters. The molecule has 0 amide bonds. The van der Waals surface area contributed by atoms with E-state index in [0.717, 1.165) is 38.2 Å². The minimum atomic E-state index is -0.0449. The molecule has 18 heavy (non-hydrogen) atoms. The Balaban J connectivity index is 2.00. The molecule has 1 aliphatic rings. The highest BCUT2D eigenvalue weighted by atomic mass is 16.5. The molecule has 1 aliphatic heterocycles. The van der Waals surface area contributed by atoms with Gasteiger partial charge in [-0.15, -0.1) is 0 Å². The summed E-state index contributed by atoms with van der Waals surface area (Å²) in [6.45, 7) is 5.68. The highest BCUT2D eigenvalue weighted by Crippen LogP contribution is 2.17. The Kier molecular flexibility index (Phi) is 4.74. The molecule has 1 heterocycles. The van der Waals surface area contributed by atoms with E-state index >= 15 is 0 Å². The third-order valence-corrected chi connectivity index (χ3v) is 3.33. The van der Waals surface area contributed by atoms with Gasteiger partial charge in [0.1, 0.15) is 0 Å². The van der Waals surface area contributed by atoms with Gasteiger partial charge in [-0.1, -0.05) is 30.3 Å². The van der Waals surface area contributed by atoms with Gasteiger partial charge >= 0.3 is 0 Å². The van der Waals surface area contributed by atoms with Crippen LogP contribution in [0, 0.1) is 11.3 Å². The second-order valence-corrected chi connectivity index (χ2v) is 4.89. The molecule has 1 fully saturated rings. The maximum atomic E-state index is 9.34. The zero-order chi connectivity index (χ0) is 12.8. The minimum absolute atomic E-state index is 0.0449. The summed E-state index contributed by atoms with van der Waals surface area (Å²) >= 11 is 0. The lowest BCUT2D eigenvalue weighted by atomic mass is 10.00. The van der Waals surface area contributed by atoms with Crippen LogP contribution in [0.25, 0.3) is 0 Å². The first kappa shape index (κ1) is 13.1. The maximum Gasteiger partial charge on any atom is 0.0839 e. The number of nitriles is 1. The number of hydrogen-bond donors (Lipinski definition) is 0. The molecule has 1 aromatic rings. The van der Waals surface area contributed by atoms with Crippen molar-refractivity contribution in [3.63, 3.8) is 0 Å². The number of hydrogen-bond acceptors (Lipinski definition) is 3. The lowest BCUT2D eigenvalue weighted by Crippen LogP contribution is -2.33. The van der Waals surface area contributed by atoms with Gasteiger partial charge in [-0.2, -0.15) is 5.26 Å². The predicted octanol–water partition coefficient (Wildman–Crippen LogP) is 2.40. The van der Waals surface area contributed by atoms with Crippen LogP contribution in [0.4, 0.5) is 0 Å². The molecule has 1 aromatic carbocycles. The van der Waals surface area contributed by atoms with Crippen molar-refractivity contribution < 1.29 is 4.74 Å². The van der Waals surface area contributed by atoms with Gasteiger partial charge in [0, 0.05) is 26.2 Å². The normalized spacial score (nSPS) is 23.0.